The molecule has 0 amide bonds. The molecule has 0 spiro atoms. The van der Waals surface area contributed by atoms with Gasteiger partial charge in [-0.25, -0.2) is 9.97 Å². The summed E-state index contributed by atoms with van der Waals surface area (Å²) in [6, 6.07) is 5.84. The van der Waals surface area contributed by atoms with Crippen molar-refractivity contribution in [3.63, 3.8) is 0 Å². The van der Waals surface area contributed by atoms with Gasteiger partial charge in [0.15, 0.2) is 0 Å². The molecule has 6 heteroatoms. The molecule has 0 radical (unpaired) electrons. The van der Waals surface area contributed by atoms with Crippen LogP contribution in [0, 0.1) is 6.92 Å². The van der Waals surface area contributed by atoms with Gasteiger partial charge in [-0.05, 0) is 37.1 Å². The van der Waals surface area contributed by atoms with E-state index >= 15 is 0 Å². The van der Waals surface area contributed by atoms with Gasteiger partial charge in [0.1, 0.15) is 22.8 Å². The van der Waals surface area contributed by atoms with Gasteiger partial charge in [0.25, 0.3) is 0 Å². The molecule has 24 heavy (non-hydrogen) atoms. The van der Waals surface area contributed by atoms with Crippen LogP contribution in [-0.2, 0) is 6.54 Å². The monoisotopic (exact) mass is 326 g/mol. The molecule has 6 nitrogen and oxygen atoms in total. The lowest BCUT2D eigenvalue weighted by atomic mass is 10.1. The summed E-state index contributed by atoms with van der Waals surface area (Å²) in [7, 11) is 3.33. The Morgan fingerprint density at radius 2 is 1.96 bits per heavy atom. The number of aromatic nitrogens is 3. The fourth-order valence-corrected chi connectivity index (χ4v) is 2.80. The maximum Gasteiger partial charge on any atom is 0.145 e. The van der Waals surface area contributed by atoms with Gasteiger partial charge in [0, 0.05) is 30.9 Å². The van der Waals surface area contributed by atoms with Crippen LogP contribution in [0.5, 0.6) is 11.5 Å². The van der Waals surface area contributed by atoms with Crippen molar-refractivity contribution < 1.29 is 9.47 Å². The van der Waals surface area contributed by atoms with Crippen molar-refractivity contribution in [3.8, 4) is 11.5 Å². The molecule has 3 rings (SSSR count). The Balaban J connectivity index is 1.79. The summed E-state index contributed by atoms with van der Waals surface area (Å²) in [5, 5.41) is 4.37. The number of fused-ring (bicyclic) bond motifs is 1. The van der Waals surface area contributed by atoms with Gasteiger partial charge >= 0.3 is 0 Å². The zero-order valence-corrected chi connectivity index (χ0v) is 14.2. The van der Waals surface area contributed by atoms with Crippen molar-refractivity contribution in [1.82, 2.24) is 14.5 Å². The van der Waals surface area contributed by atoms with Crippen LogP contribution in [0.1, 0.15) is 12.0 Å². The number of anilines is 1. The zero-order chi connectivity index (χ0) is 16.9. The Hall–Kier alpha value is -2.76. The zero-order valence-electron chi connectivity index (χ0n) is 14.2. The first kappa shape index (κ1) is 16.1. The smallest absolute Gasteiger partial charge is 0.145 e. The molecular weight excluding hydrogens is 304 g/mol. The van der Waals surface area contributed by atoms with Gasteiger partial charge in [0.2, 0.25) is 0 Å². The highest BCUT2D eigenvalue weighted by atomic mass is 16.5. The van der Waals surface area contributed by atoms with Crippen LogP contribution in [0.4, 0.5) is 5.82 Å². The second-order valence-electron chi connectivity index (χ2n) is 5.60. The maximum atomic E-state index is 5.46. The van der Waals surface area contributed by atoms with E-state index in [-0.39, 0.29) is 0 Å². The highest BCUT2D eigenvalue weighted by Gasteiger charge is 2.12. The average molecular weight is 326 g/mol. The molecule has 0 bridgehead atoms. The number of ether oxygens (including phenoxy) is 2. The van der Waals surface area contributed by atoms with Crippen molar-refractivity contribution in [2.75, 3.05) is 26.1 Å². The number of hydrogen-bond acceptors (Lipinski definition) is 5. The molecule has 2 heterocycles. The third-order valence-corrected chi connectivity index (χ3v) is 3.98. The molecule has 0 unspecified atom stereocenters. The number of nitrogens with zero attached hydrogens (tertiary/aromatic N) is 3. The lowest BCUT2D eigenvalue weighted by Gasteiger charge is -2.14. The molecule has 0 saturated carbocycles. The van der Waals surface area contributed by atoms with Gasteiger partial charge in [-0.3, -0.25) is 0 Å². The highest BCUT2D eigenvalue weighted by Crippen LogP contribution is 2.35. The Kier molecular flexibility index (Phi) is 4.84. The molecule has 126 valence electrons. The van der Waals surface area contributed by atoms with E-state index in [4.69, 9.17) is 14.5 Å². The van der Waals surface area contributed by atoms with Crippen LogP contribution in [-0.4, -0.2) is 35.3 Å². The van der Waals surface area contributed by atoms with E-state index in [1.165, 1.54) is 0 Å². The normalized spacial score (nSPS) is 10.8. The SMILES string of the molecule is COc1ccc(OC)c2c(C)cc(NCCCn3ccnc3)nc12. The number of pyridine rings is 1. The van der Waals surface area contributed by atoms with Crippen molar-refractivity contribution in [1.29, 1.82) is 0 Å². The van der Waals surface area contributed by atoms with Crippen LogP contribution in [0.3, 0.4) is 0 Å². The summed E-state index contributed by atoms with van der Waals surface area (Å²) < 4.78 is 13.0. The maximum absolute atomic E-state index is 5.46. The minimum atomic E-state index is 0.746. The van der Waals surface area contributed by atoms with E-state index in [1.807, 2.05) is 30.7 Å². The molecule has 0 fully saturated rings. The summed E-state index contributed by atoms with van der Waals surface area (Å²) >= 11 is 0. The first-order valence-electron chi connectivity index (χ1n) is 7.95. The first-order valence-corrected chi connectivity index (χ1v) is 7.95. The van der Waals surface area contributed by atoms with Crippen LogP contribution in [0.2, 0.25) is 0 Å². The molecule has 0 aliphatic rings. The standard InChI is InChI=1S/C18H22N4O2/c1-13-11-16(20-7-4-9-22-10-8-19-12-22)21-18-15(24-3)6-5-14(23-2)17(13)18/h5-6,8,10-12H,4,7,9H2,1-3H3,(H,20,21). The molecule has 0 aliphatic heterocycles. The van der Waals surface area contributed by atoms with E-state index in [1.54, 1.807) is 20.4 Å². The quantitative estimate of drug-likeness (QED) is 0.675. The van der Waals surface area contributed by atoms with Crippen molar-refractivity contribution >= 4 is 16.7 Å². The van der Waals surface area contributed by atoms with Crippen LogP contribution < -0.4 is 14.8 Å². The third-order valence-electron chi connectivity index (χ3n) is 3.98. The second-order valence-corrected chi connectivity index (χ2v) is 5.60. The molecular formula is C18H22N4O2. The number of benzene rings is 1. The summed E-state index contributed by atoms with van der Waals surface area (Å²) in [5.41, 5.74) is 1.92. The van der Waals surface area contributed by atoms with Gasteiger partial charge in [-0.15, -0.1) is 0 Å². The lowest BCUT2D eigenvalue weighted by molar-refractivity contribution is 0.409. The van der Waals surface area contributed by atoms with Crippen LogP contribution >= 0.6 is 0 Å². The number of hydrogen-bond donors (Lipinski definition) is 1. The highest BCUT2D eigenvalue weighted by molar-refractivity contribution is 5.94. The van der Waals surface area contributed by atoms with Crippen molar-refractivity contribution in [2.24, 2.45) is 0 Å². The molecule has 0 aliphatic carbocycles. The number of imidazole rings is 1. The summed E-state index contributed by atoms with van der Waals surface area (Å²) in [6.07, 6.45) is 6.58. The Labute approximate surface area is 141 Å². The lowest BCUT2D eigenvalue weighted by Crippen LogP contribution is -2.07. The van der Waals surface area contributed by atoms with Crippen molar-refractivity contribution in [3.05, 3.63) is 42.5 Å². The summed E-state index contributed by atoms with van der Waals surface area (Å²) in [4.78, 5) is 8.76. The summed E-state index contributed by atoms with van der Waals surface area (Å²) in [5.74, 6) is 2.40. The Bertz CT molecular complexity index is 815. The van der Waals surface area contributed by atoms with Gasteiger partial charge in [-0.2, -0.15) is 0 Å². The average Bonchev–Trinajstić information content (AvgIpc) is 3.11. The van der Waals surface area contributed by atoms with Crippen LogP contribution in [0.25, 0.3) is 10.9 Å². The fourth-order valence-electron chi connectivity index (χ4n) is 2.80. The predicted octanol–water partition coefficient (Wildman–Crippen LogP) is 3.26. The minimum Gasteiger partial charge on any atom is -0.496 e. The fraction of sp³-hybridized carbons (Fsp3) is 0.333. The topological polar surface area (TPSA) is 61.2 Å². The molecule has 1 aromatic carbocycles. The molecule has 0 atom stereocenters. The van der Waals surface area contributed by atoms with Gasteiger partial charge in [-0.1, -0.05) is 0 Å². The number of methoxy groups -OCH3 is 2. The van der Waals surface area contributed by atoms with Crippen LogP contribution in [0.15, 0.2) is 36.9 Å². The Morgan fingerprint density at radius 3 is 2.67 bits per heavy atom. The van der Waals surface area contributed by atoms with Crippen molar-refractivity contribution in [2.45, 2.75) is 19.9 Å². The van der Waals surface area contributed by atoms with E-state index in [9.17, 15) is 0 Å². The Morgan fingerprint density at radius 1 is 1.17 bits per heavy atom. The minimum absolute atomic E-state index is 0.746. The number of nitrogens with one attached hydrogen (secondary N) is 1. The van der Waals surface area contributed by atoms with E-state index in [2.05, 4.69) is 21.8 Å². The number of aryl methyl sites for hydroxylation is 2. The number of rotatable bonds is 7. The van der Waals surface area contributed by atoms with E-state index in [0.29, 0.717) is 0 Å². The molecule has 2 aromatic heterocycles. The second kappa shape index (κ2) is 7.21. The third kappa shape index (κ3) is 3.27. The van der Waals surface area contributed by atoms with E-state index < -0.39 is 0 Å². The first-order chi connectivity index (χ1) is 11.7. The largest absolute Gasteiger partial charge is 0.496 e. The summed E-state index contributed by atoms with van der Waals surface area (Å²) in [6.45, 7) is 3.82. The molecule has 3 aromatic rings. The van der Waals surface area contributed by atoms with E-state index in [0.717, 1.165) is 53.3 Å². The van der Waals surface area contributed by atoms with Gasteiger partial charge in [0.05, 0.1) is 20.5 Å². The predicted molar refractivity (Wildman–Crippen MR) is 94.9 cm³/mol. The molecule has 0 saturated heterocycles. The molecule has 1 N–H and O–H groups in total. The van der Waals surface area contributed by atoms with Gasteiger partial charge < -0.3 is 19.4 Å².